The molecule has 0 heterocycles. The van der Waals surface area contributed by atoms with Crippen LogP contribution >= 0.6 is 0 Å². The lowest BCUT2D eigenvalue weighted by atomic mass is 10.00. The summed E-state index contributed by atoms with van der Waals surface area (Å²) in [4.78, 5) is 0. The lowest BCUT2D eigenvalue weighted by molar-refractivity contribution is 0.171. The maximum atomic E-state index is 13.9. The average molecular weight is 300 g/mol. The minimum atomic E-state index is -1.51. The Balaban J connectivity index is 2.30. The lowest BCUT2D eigenvalue weighted by Crippen LogP contribution is -2.08. The van der Waals surface area contributed by atoms with Crippen LogP contribution in [0, 0.1) is 23.3 Å². The van der Waals surface area contributed by atoms with Gasteiger partial charge in [-0.25, -0.2) is 17.6 Å². The van der Waals surface area contributed by atoms with E-state index < -0.39 is 34.9 Å². The number of ether oxygens (including phenoxy) is 1. The Kier molecular flexibility index (Phi) is 4.47. The van der Waals surface area contributed by atoms with Gasteiger partial charge in [-0.05, 0) is 17.7 Å². The molecule has 0 saturated heterocycles. The quantitative estimate of drug-likeness (QED) is 0.691. The van der Waals surface area contributed by atoms with Crippen LogP contribution in [0.5, 0.6) is 5.75 Å². The number of aliphatic hydroxyl groups is 1. The molecule has 112 valence electrons. The van der Waals surface area contributed by atoms with Crippen molar-refractivity contribution >= 4 is 0 Å². The van der Waals surface area contributed by atoms with Crippen LogP contribution in [-0.2, 0) is 6.42 Å². The van der Waals surface area contributed by atoms with Gasteiger partial charge in [-0.15, -0.1) is 0 Å². The monoisotopic (exact) mass is 300 g/mol. The smallest absolute Gasteiger partial charge is 0.168 e. The first-order valence-electron chi connectivity index (χ1n) is 6.08. The molecule has 2 rings (SSSR count). The Hall–Kier alpha value is -2.08. The molecule has 21 heavy (non-hydrogen) atoms. The molecule has 0 aliphatic carbocycles. The number of methoxy groups -OCH3 is 1. The van der Waals surface area contributed by atoms with E-state index >= 15 is 0 Å². The van der Waals surface area contributed by atoms with Gasteiger partial charge in [0.2, 0.25) is 0 Å². The molecule has 0 amide bonds. The van der Waals surface area contributed by atoms with Gasteiger partial charge >= 0.3 is 0 Å². The maximum Gasteiger partial charge on any atom is 0.168 e. The summed E-state index contributed by atoms with van der Waals surface area (Å²) in [5.41, 5.74) is -0.359. The van der Waals surface area contributed by atoms with Gasteiger partial charge in [-0.1, -0.05) is 12.1 Å². The predicted octanol–water partition coefficient (Wildman–Crippen LogP) is 3.53. The van der Waals surface area contributed by atoms with E-state index in [9.17, 15) is 22.7 Å². The van der Waals surface area contributed by atoms with E-state index in [2.05, 4.69) is 0 Å². The standard InChI is InChI=1S/C15H12F4O2/c1-21-14-4-2-3-8(15(14)19)5-13(20)9-6-11(17)12(18)7-10(9)16/h2-4,6-7,13,20H,5H2,1H3. The zero-order valence-electron chi connectivity index (χ0n) is 11.0. The van der Waals surface area contributed by atoms with Gasteiger partial charge in [0.05, 0.1) is 13.2 Å². The molecule has 0 spiro atoms. The van der Waals surface area contributed by atoms with E-state index in [4.69, 9.17) is 4.74 Å². The summed E-state index contributed by atoms with van der Waals surface area (Å²) in [7, 11) is 1.29. The first-order chi connectivity index (χ1) is 9.93. The Morgan fingerprint density at radius 1 is 1.05 bits per heavy atom. The fraction of sp³-hybridized carbons (Fsp3) is 0.200. The van der Waals surface area contributed by atoms with Crippen LogP contribution in [0.2, 0.25) is 0 Å². The third-order valence-electron chi connectivity index (χ3n) is 3.08. The molecule has 0 radical (unpaired) electrons. The summed E-state index contributed by atoms with van der Waals surface area (Å²) in [5.74, 6) is -4.44. The normalized spacial score (nSPS) is 12.3. The highest BCUT2D eigenvalue weighted by Crippen LogP contribution is 2.27. The van der Waals surface area contributed by atoms with Gasteiger partial charge in [0.25, 0.3) is 0 Å². The molecular formula is C15H12F4O2. The van der Waals surface area contributed by atoms with Crippen molar-refractivity contribution in [3.63, 3.8) is 0 Å². The summed E-state index contributed by atoms with van der Waals surface area (Å²) >= 11 is 0. The molecular weight excluding hydrogens is 288 g/mol. The van der Waals surface area contributed by atoms with Crippen LogP contribution in [-0.4, -0.2) is 12.2 Å². The molecule has 0 fully saturated rings. The van der Waals surface area contributed by atoms with Gasteiger partial charge < -0.3 is 9.84 Å². The van der Waals surface area contributed by atoms with Crippen molar-refractivity contribution in [2.75, 3.05) is 7.11 Å². The molecule has 0 saturated carbocycles. The number of hydrogen-bond donors (Lipinski definition) is 1. The minimum Gasteiger partial charge on any atom is -0.494 e. The summed E-state index contributed by atoms with van der Waals surface area (Å²) in [6, 6.07) is 5.19. The van der Waals surface area contributed by atoms with Crippen LogP contribution in [0.3, 0.4) is 0 Å². The Morgan fingerprint density at radius 2 is 1.71 bits per heavy atom. The molecule has 1 unspecified atom stereocenters. The topological polar surface area (TPSA) is 29.5 Å². The van der Waals surface area contributed by atoms with Crippen LogP contribution < -0.4 is 4.74 Å². The molecule has 1 N–H and O–H groups in total. The number of hydrogen-bond acceptors (Lipinski definition) is 2. The Morgan fingerprint density at radius 3 is 2.38 bits per heavy atom. The molecule has 2 aromatic rings. The fourth-order valence-electron chi connectivity index (χ4n) is 1.98. The molecule has 0 aliphatic heterocycles. The van der Waals surface area contributed by atoms with Crippen molar-refractivity contribution in [1.29, 1.82) is 0 Å². The highest BCUT2D eigenvalue weighted by atomic mass is 19.2. The number of rotatable bonds is 4. The van der Waals surface area contributed by atoms with Gasteiger partial charge in [0.1, 0.15) is 5.82 Å². The van der Waals surface area contributed by atoms with Crippen molar-refractivity contribution in [3.8, 4) is 5.75 Å². The summed E-state index contributed by atoms with van der Waals surface area (Å²) < 4.78 is 58.2. The van der Waals surface area contributed by atoms with Crippen LogP contribution in [0.25, 0.3) is 0 Å². The van der Waals surface area contributed by atoms with Crippen LogP contribution in [0.1, 0.15) is 17.2 Å². The van der Waals surface area contributed by atoms with E-state index in [1.54, 1.807) is 0 Å². The average Bonchev–Trinajstić information content (AvgIpc) is 2.45. The van der Waals surface area contributed by atoms with Crippen molar-refractivity contribution in [2.24, 2.45) is 0 Å². The van der Waals surface area contributed by atoms with Crippen LogP contribution in [0.4, 0.5) is 17.6 Å². The highest BCUT2D eigenvalue weighted by Gasteiger charge is 2.19. The Labute approximate surface area is 118 Å². The van der Waals surface area contributed by atoms with E-state index in [1.165, 1.54) is 25.3 Å². The van der Waals surface area contributed by atoms with Gasteiger partial charge in [-0.3, -0.25) is 0 Å². The van der Waals surface area contributed by atoms with Crippen LogP contribution in [0.15, 0.2) is 30.3 Å². The first kappa shape index (κ1) is 15.3. The van der Waals surface area contributed by atoms with E-state index in [1.807, 2.05) is 0 Å². The lowest BCUT2D eigenvalue weighted by Gasteiger charge is -2.14. The molecule has 2 nitrogen and oxygen atoms in total. The third kappa shape index (κ3) is 3.16. The number of halogens is 4. The molecule has 0 aromatic heterocycles. The molecule has 0 aliphatic rings. The van der Waals surface area contributed by atoms with Gasteiger partial charge in [0.15, 0.2) is 23.2 Å². The van der Waals surface area contributed by atoms with Crippen molar-refractivity contribution in [1.82, 2.24) is 0 Å². The van der Waals surface area contributed by atoms with Gasteiger partial charge in [-0.2, -0.15) is 0 Å². The van der Waals surface area contributed by atoms with E-state index in [0.717, 1.165) is 0 Å². The molecule has 0 bridgehead atoms. The van der Waals surface area contributed by atoms with Gasteiger partial charge in [0, 0.05) is 18.1 Å². The number of aliphatic hydroxyl groups excluding tert-OH is 1. The first-order valence-corrected chi connectivity index (χ1v) is 6.08. The second-order valence-corrected chi connectivity index (χ2v) is 4.44. The fourth-order valence-corrected chi connectivity index (χ4v) is 1.98. The Bertz CT molecular complexity index is 658. The predicted molar refractivity (Wildman–Crippen MR) is 67.9 cm³/mol. The zero-order chi connectivity index (χ0) is 15.6. The van der Waals surface area contributed by atoms with E-state index in [0.29, 0.717) is 12.1 Å². The van der Waals surface area contributed by atoms with Crippen molar-refractivity contribution in [2.45, 2.75) is 12.5 Å². The highest BCUT2D eigenvalue weighted by molar-refractivity contribution is 5.33. The number of benzene rings is 2. The van der Waals surface area contributed by atoms with E-state index in [-0.39, 0.29) is 17.7 Å². The van der Waals surface area contributed by atoms with Crippen molar-refractivity contribution in [3.05, 3.63) is 64.7 Å². The third-order valence-corrected chi connectivity index (χ3v) is 3.08. The second kappa shape index (κ2) is 6.13. The SMILES string of the molecule is COc1cccc(CC(O)c2cc(F)c(F)cc2F)c1F. The largest absolute Gasteiger partial charge is 0.494 e. The minimum absolute atomic E-state index is 0.0227. The molecule has 6 heteroatoms. The summed E-state index contributed by atoms with van der Waals surface area (Å²) in [6.07, 6.45) is -1.81. The maximum absolute atomic E-state index is 13.9. The van der Waals surface area contributed by atoms with Crippen molar-refractivity contribution < 1.29 is 27.4 Å². The molecule has 1 atom stereocenters. The summed E-state index contributed by atoms with van der Waals surface area (Å²) in [6.45, 7) is 0. The second-order valence-electron chi connectivity index (χ2n) is 4.44. The molecule has 2 aromatic carbocycles. The summed E-state index contributed by atoms with van der Waals surface area (Å²) in [5, 5.41) is 9.92. The zero-order valence-corrected chi connectivity index (χ0v) is 11.0.